The van der Waals surface area contributed by atoms with E-state index >= 15 is 0 Å². The average Bonchev–Trinajstić information content (AvgIpc) is 2.63. The molecule has 0 aromatic heterocycles. The number of benzene rings is 1. The van der Waals surface area contributed by atoms with Crippen LogP contribution in [0.25, 0.3) is 0 Å². The van der Waals surface area contributed by atoms with Gasteiger partial charge in [-0.1, -0.05) is 23.7 Å². The van der Waals surface area contributed by atoms with Crippen molar-refractivity contribution in [1.29, 1.82) is 0 Å². The summed E-state index contributed by atoms with van der Waals surface area (Å²) in [6, 6.07) is 5.74. The van der Waals surface area contributed by atoms with Gasteiger partial charge in [-0.25, -0.2) is 4.39 Å². The topological polar surface area (TPSA) is 15.3 Å². The van der Waals surface area contributed by atoms with Crippen LogP contribution in [0, 0.1) is 5.82 Å². The summed E-state index contributed by atoms with van der Waals surface area (Å²) < 4.78 is 13.8. The van der Waals surface area contributed by atoms with Gasteiger partial charge in [0.2, 0.25) is 0 Å². The second-order valence-electron chi connectivity index (χ2n) is 4.96. The van der Waals surface area contributed by atoms with Crippen LogP contribution in [0.1, 0.15) is 24.8 Å². The van der Waals surface area contributed by atoms with E-state index in [2.05, 4.69) is 17.3 Å². The van der Waals surface area contributed by atoms with Gasteiger partial charge >= 0.3 is 0 Å². The van der Waals surface area contributed by atoms with E-state index in [-0.39, 0.29) is 10.8 Å². The van der Waals surface area contributed by atoms with Gasteiger partial charge in [-0.2, -0.15) is 0 Å². The normalized spacial score (nSPS) is 21.0. The van der Waals surface area contributed by atoms with Gasteiger partial charge in [0.05, 0.1) is 5.02 Å². The van der Waals surface area contributed by atoms with Crippen molar-refractivity contribution < 1.29 is 4.39 Å². The molecular weight excluding hydrogens is 251 g/mol. The van der Waals surface area contributed by atoms with E-state index in [9.17, 15) is 4.39 Å². The van der Waals surface area contributed by atoms with Crippen LogP contribution < -0.4 is 5.32 Å². The largest absolute Gasteiger partial charge is 0.317 e. The summed E-state index contributed by atoms with van der Waals surface area (Å²) in [5.74, 6) is -0.280. The minimum absolute atomic E-state index is 0.212. The van der Waals surface area contributed by atoms with E-state index < -0.39 is 0 Å². The molecule has 0 amide bonds. The van der Waals surface area contributed by atoms with Crippen LogP contribution in [-0.2, 0) is 6.54 Å². The van der Waals surface area contributed by atoms with Crippen molar-refractivity contribution in [2.24, 2.45) is 0 Å². The first-order valence-corrected chi connectivity index (χ1v) is 6.90. The molecule has 2 rings (SSSR count). The summed E-state index contributed by atoms with van der Waals surface area (Å²) in [7, 11) is 2.07. The van der Waals surface area contributed by atoms with Crippen LogP contribution in [0.15, 0.2) is 18.2 Å². The SMILES string of the molecule is CN(Cc1cccc(Cl)c1F)C1CCCNCC1. The standard InChI is InChI=1S/C14H20ClFN2/c1-18(12-5-3-8-17-9-7-12)10-11-4-2-6-13(15)14(11)16/h2,4,6,12,17H,3,5,7-10H2,1H3. The minimum Gasteiger partial charge on any atom is -0.317 e. The van der Waals surface area contributed by atoms with Crippen molar-refractivity contribution >= 4 is 11.6 Å². The van der Waals surface area contributed by atoms with Gasteiger partial charge in [-0.15, -0.1) is 0 Å². The molecule has 1 N–H and O–H groups in total. The van der Waals surface area contributed by atoms with Gasteiger partial charge in [0.1, 0.15) is 5.82 Å². The van der Waals surface area contributed by atoms with E-state index in [0.29, 0.717) is 18.2 Å². The molecule has 0 saturated carbocycles. The number of hydrogen-bond acceptors (Lipinski definition) is 2. The summed E-state index contributed by atoms with van der Waals surface area (Å²) in [4.78, 5) is 2.24. The third-order valence-electron chi connectivity index (χ3n) is 3.62. The van der Waals surface area contributed by atoms with Crippen LogP contribution in [0.5, 0.6) is 0 Å². The molecule has 1 fully saturated rings. The Morgan fingerprint density at radius 3 is 3.06 bits per heavy atom. The van der Waals surface area contributed by atoms with Gasteiger partial charge in [-0.3, -0.25) is 4.90 Å². The van der Waals surface area contributed by atoms with Crippen molar-refractivity contribution in [2.45, 2.75) is 31.8 Å². The van der Waals surface area contributed by atoms with Gasteiger partial charge in [0, 0.05) is 18.2 Å². The second kappa shape index (κ2) is 6.50. The lowest BCUT2D eigenvalue weighted by Crippen LogP contribution is -2.32. The zero-order valence-electron chi connectivity index (χ0n) is 10.8. The number of halogens is 2. The maximum absolute atomic E-state index is 13.8. The van der Waals surface area contributed by atoms with E-state index in [1.54, 1.807) is 6.07 Å². The summed E-state index contributed by atoms with van der Waals surface area (Å²) in [6.45, 7) is 2.76. The fourth-order valence-corrected chi connectivity index (χ4v) is 2.70. The summed E-state index contributed by atoms with van der Waals surface area (Å²) in [5, 5.41) is 3.61. The maximum Gasteiger partial charge on any atom is 0.146 e. The van der Waals surface area contributed by atoms with E-state index in [4.69, 9.17) is 11.6 Å². The summed E-state index contributed by atoms with van der Waals surface area (Å²) in [6.07, 6.45) is 3.48. The highest BCUT2D eigenvalue weighted by Gasteiger charge is 2.18. The first kappa shape index (κ1) is 13.8. The molecule has 1 atom stereocenters. The Bertz CT molecular complexity index is 389. The maximum atomic E-state index is 13.8. The lowest BCUT2D eigenvalue weighted by Gasteiger charge is -2.27. The molecule has 0 aliphatic carbocycles. The first-order valence-electron chi connectivity index (χ1n) is 6.52. The smallest absolute Gasteiger partial charge is 0.146 e. The Labute approximate surface area is 113 Å². The molecule has 0 bridgehead atoms. The Hall–Kier alpha value is -0.640. The van der Waals surface area contributed by atoms with Crippen LogP contribution >= 0.6 is 11.6 Å². The van der Waals surface area contributed by atoms with Crippen LogP contribution in [0.2, 0.25) is 5.02 Å². The van der Waals surface area contributed by atoms with Crippen molar-refractivity contribution in [3.63, 3.8) is 0 Å². The van der Waals surface area contributed by atoms with Crippen molar-refractivity contribution in [3.8, 4) is 0 Å². The molecule has 1 heterocycles. The Balaban J connectivity index is 2.01. The number of rotatable bonds is 3. The summed E-state index contributed by atoms with van der Waals surface area (Å²) in [5.41, 5.74) is 0.683. The molecule has 2 nitrogen and oxygen atoms in total. The second-order valence-corrected chi connectivity index (χ2v) is 5.37. The molecular formula is C14H20ClFN2. The van der Waals surface area contributed by atoms with E-state index in [1.807, 2.05) is 12.1 Å². The molecule has 1 aromatic rings. The molecule has 4 heteroatoms. The molecule has 1 unspecified atom stereocenters. The van der Waals surface area contributed by atoms with Gasteiger partial charge in [0.25, 0.3) is 0 Å². The van der Waals surface area contributed by atoms with Gasteiger partial charge in [-0.05, 0) is 45.5 Å². The molecule has 1 aromatic carbocycles. The predicted molar refractivity (Wildman–Crippen MR) is 73.4 cm³/mol. The zero-order valence-corrected chi connectivity index (χ0v) is 11.5. The molecule has 0 radical (unpaired) electrons. The fourth-order valence-electron chi connectivity index (χ4n) is 2.51. The summed E-state index contributed by atoms with van der Waals surface area (Å²) >= 11 is 5.81. The highest BCUT2D eigenvalue weighted by molar-refractivity contribution is 6.30. The van der Waals surface area contributed by atoms with Crippen LogP contribution in [-0.4, -0.2) is 31.1 Å². The van der Waals surface area contributed by atoms with Crippen molar-refractivity contribution in [1.82, 2.24) is 10.2 Å². The van der Waals surface area contributed by atoms with E-state index in [1.165, 1.54) is 12.8 Å². The Morgan fingerprint density at radius 1 is 1.39 bits per heavy atom. The predicted octanol–water partition coefficient (Wildman–Crippen LogP) is 3.05. The highest BCUT2D eigenvalue weighted by Crippen LogP contribution is 2.21. The third kappa shape index (κ3) is 3.44. The van der Waals surface area contributed by atoms with Gasteiger partial charge < -0.3 is 5.32 Å². The third-order valence-corrected chi connectivity index (χ3v) is 3.91. The molecule has 100 valence electrons. The monoisotopic (exact) mass is 270 g/mol. The molecule has 18 heavy (non-hydrogen) atoms. The minimum atomic E-state index is -0.280. The van der Waals surface area contributed by atoms with E-state index in [0.717, 1.165) is 19.5 Å². The quantitative estimate of drug-likeness (QED) is 0.908. The molecule has 1 aliphatic heterocycles. The lowest BCUT2D eigenvalue weighted by molar-refractivity contribution is 0.214. The fraction of sp³-hybridized carbons (Fsp3) is 0.571. The average molecular weight is 271 g/mol. The zero-order chi connectivity index (χ0) is 13.0. The number of nitrogens with one attached hydrogen (secondary N) is 1. The highest BCUT2D eigenvalue weighted by atomic mass is 35.5. The van der Waals surface area contributed by atoms with Crippen molar-refractivity contribution in [2.75, 3.05) is 20.1 Å². The first-order chi connectivity index (χ1) is 8.68. The Kier molecular flexibility index (Phi) is 4.98. The van der Waals surface area contributed by atoms with Crippen LogP contribution in [0.4, 0.5) is 4.39 Å². The molecule has 0 spiro atoms. The lowest BCUT2D eigenvalue weighted by atomic mass is 10.1. The number of hydrogen-bond donors (Lipinski definition) is 1. The number of nitrogens with zero attached hydrogens (tertiary/aromatic N) is 1. The Morgan fingerprint density at radius 2 is 2.22 bits per heavy atom. The molecule has 1 aliphatic rings. The van der Waals surface area contributed by atoms with Gasteiger partial charge in [0.15, 0.2) is 0 Å². The molecule has 1 saturated heterocycles. The van der Waals surface area contributed by atoms with Crippen molar-refractivity contribution in [3.05, 3.63) is 34.6 Å². The van der Waals surface area contributed by atoms with Crippen LogP contribution in [0.3, 0.4) is 0 Å².